The summed E-state index contributed by atoms with van der Waals surface area (Å²) in [6.07, 6.45) is 2.89. The number of hydrogen-bond acceptors (Lipinski definition) is 8. The molecule has 0 aliphatic carbocycles. The van der Waals surface area contributed by atoms with Crippen LogP contribution >= 0.6 is 11.6 Å². The van der Waals surface area contributed by atoms with Crippen molar-refractivity contribution in [2.75, 3.05) is 11.5 Å². The molecule has 0 bridgehead atoms. The number of rotatable bonds is 8. The van der Waals surface area contributed by atoms with Gasteiger partial charge in [0.2, 0.25) is 0 Å². The van der Waals surface area contributed by atoms with Crippen LogP contribution in [0.4, 0.5) is 5.82 Å². The number of halogens is 1. The first-order chi connectivity index (χ1) is 18.3. The van der Waals surface area contributed by atoms with Gasteiger partial charge in [0.25, 0.3) is 0 Å². The second kappa shape index (κ2) is 10.7. The molecule has 0 amide bonds. The van der Waals surface area contributed by atoms with E-state index in [0.717, 1.165) is 47.0 Å². The maximum absolute atomic E-state index is 10.1. The molecule has 1 aliphatic rings. The molecular formula is C29H32ClN5O3. The summed E-state index contributed by atoms with van der Waals surface area (Å²) in [6, 6.07) is 7.47. The lowest BCUT2D eigenvalue weighted by Crippen LogP contribution is -2.19. The molecule has 0 spiro atoms. The minimum atomic E-state index is -0.526. The maximum Gasteiger partial charge on any atom is 0.163 e. The quantitative estimate of drug-likeness (QED) is 0.288. The number of aromatic nitrogens is 4. The average molecular weight is 534 g/mol. The Morgan fingerprint density at radius 3 is 2.63 bits per heavy atom. The Bertz CT molecular complexity index is 1470. The van der Waals surface area contributed by atoms with E-state index in [1.807, 2.05) is 46.9 Å². The number of aryl methyl sites for hydroxylation is 3. The summed E-state index contributed by atoms with van der Waals surface area (Å²) in [5, 5.41) is 14.8. The van der Waals surface area contributed by atoms with E-state index in [9.17, 15) is 5.11 Å². The molecule has 1 N–H and O–H groups in total. The van der Waals surface area contributed by atoms with Crippen LogP contribution < -0.4 is 9.64 Å². The summed E-state index contributed by atoms with van der Waals surface area (Å²) in [7, 11) is 0. The van der Waals surface area contributed by atoms with Gasteiger partial charge >= 0.3 is 0 Å². The van der Waals surface area contributed by atoms with Gasteiger partial charge in [-0.3, -0.25) is 4.98 Å². The zero-order valence-corrected chi connectivity index (χ0v) is 23.1. The third-order valence-electron chi connectivity index (χ3n) is 7.01. The lowest BCUT2D eigenvalue weighted by atomic mass is 10.0. The molecule has 0 saturated carbocycles. The number of ether oxygens (including phenoxy) is 1. The summed E-state index contributed by atoms with van der Waals surface area (Å²) < 4.78 is 11.4. The number of nitrogens with zero attached hydrogens (tertiary/aromatic N) is 5. The van der Waals surface area contributed by atoms with Crippen LogP contribution in [0.1, 0.15) is 53.6 Å². The molecule has 4 heterocycles. The fourth-order valence-corrected chi connectivity index (χ4v) is 5.19. The van der Waals surface area contributed by atoms with Crippen molar-refractivity contribution < 1.29 is 14.4 Å². The fourth-order valence-electron chi connectivity index (χ4n) is 4.99. The van der Waals surface area contributed by atoms with Gasteiger partial charge in [-0.05, 0) is 69.5 Å². The molecule has 9 heteroatoms. The Morgan fingerprint density at radius 2 is 1.92 bits per heavy atom. The highest BCUT2D eigenvalue weighted by atomic mass is 35.5. The molecule has 4 aromatic rings. The van der Waals surface area contributed by atoms with Gasteiger partial charge < -0.3 is 19.3 Å². The highest BCUT2D eigenvalue weighted by molar-refractivity contribution is 6.33. The van der Waals surface area contributed by atoms with E-state index in [4.69, 9.17) is 30.8 Å². The predicted octanol–water partition coefficient (Wildman–Crippen LogP) is 6.14. The smallest absolute Gasteiger partial charge is 0.163 e. The van der Waals surface area contributed by atoms with Crippen LogP contribution in [-0.2, 0) is 13.1 Å². The molecule has 0 fully saturated rings. The monoisotopic (exact) mass is 533 g/mol. The summed E-state index contributed by atoms with van der Waals surface area (Å²) in [5.41, 5.74) is 7.46. The van der Waals surface area contributed by atoms with Gasteiger partial charge in [0.05, 0.1) is 28.1 Å². The summed E-state index contributed by atoms with van der Waals surface area (Å²) in [4.78, 5) is 16.8. The largest absolute Gasteiger partial charge is 0.491 e. The molecule has 198 valence electrons. The van der Waals surface area contributed by atoms with Crippen LogP contribution in [0, 0.1) is 27.7 Å². The van der Waals surface area contributed by atoms with E-state index < -0.39 is 6.10 Å². The highest BCUT2D eigenvalue weighted by Gasteiger charge is 2.28. The van der Waals surface area contributed by atoms with Crippen molar-refractivity contribution in [1.82, 2.24) is 20.1 Å². The Labute approximate surface area is 227 Å². The molecule has 8 nitrogen and oxygen atoms in total. The third-order valence-corrected chi connectivity index (χ3v) is 7.34. The standard InChI is InChI=1S/C29H32ClN5O3/c1-6-7-21(36)15-37-22-8-9-25(30)23(12-22)28-32-27(26-18(4)34-38-19(26)5)16(2)29(33-28)35-13-20-10-11-31-17(3)24(20)14-35/h8-12,21,36H,6-7,13-15H2,1-5H3/t21-/m1/s1. The third kappa shape index (κ3) is 4.98. The molecule has 0 saturated heterocycles. The van der Waals surface area contributed by atoms with Crippen molar-refractivity contribution in [1.29, 1.82) is 0 Å². The van der Waals surface area contributed by atoms with Gasteiger partial charge in [0, 0.05) is 36.1 Å². The molecule has 38 heavy (non-hydrogen) atoms. The Hall–Kier alpha value is -3.49. The van der Waals surface area contributed by atoms with Crippen LogP contribution in [0.5, 0.6) is 5.75 Å². The summed E-state index contributed by atoms with van der Waals surface area (Å²) in [6.45, 7) is 11.5. The maximum atomic E-state index is 10.1. The lowest BCUT2D eigenvalue weighted by molar-refractivity contribution is 0.0994. The van der Waals surface area contributed by atoms with E-state index in [1.54, 1.807) is 12.1 Å². The van der Waals surface area contributed by atoms with E-state index in [1.165, 1.54) is 11.1 Å². The second-order valence-electron chi connectivity index (χ2n) is 9.83. The van der Waals surface area contributed by atoms with Crippen molar-refractivity contribution in [2.45, 2.75) is 66.7 Å². The van der Waals surface area contributed by atoms with Crippen molar-refractivity contribution in [3.8, 4) is 28.4 Å². The predicted molar refractivity (Wildman–Crippen MR) is 147 cm³/mol. The van der Waals surface area contributed by atoms with E-state index in [0.29, 0.717) is 40.9 Å². The molecule has 1 aliphatic heterocycles. The number of aliphatic hydroxyl groups excluding tert-OH is 1. The van der Waals surface area contributed by atoms with E-state index in [2.05, 4.69) is 21.1 Å². The van der Waals surface area contributed by atoms with Crippen LogP contribution in [-0.4, -0.2) is 37.9 Å². The topological polar surface area (TPSA) is 97.4 Å². The molecule has 0 unspecified atom stereocenters. The van der Waals surface area contributed by atoms with E-state index >= 15 is 0 Å². The van der Waals surface area contributed by atoms with Crippen molar-refractivity contribution >= 4 is 17.4 Å². The Kier molecular flexibility index (Phi) is 7.36. The summed E-state index contributed by atoms with van der Waals surface area (Å²) >= 11 is 6.69. The number of fused-ring (bicyclic) bond motifs is 1. The molecule has 5 rings (SSSR count). The second-order valence-corrected chi connectivity index (χ2v) is 10.2. The van der Waals surface area contributed by atoms with Gasteiger partial charge in [-0.2, -0.15) is 0 Å². The molecule has 0 radical (unpaired) electrons. The number of benzene rings is 1. The number of pyridine rings is 1. The zero-order valence-electron chi connectivity index (χ0n) is 22.4. The van der Waals surface area contributed by atoms with Crippen LogP contribution in [0.2, 0.25) is 5.02 Å². The number of hydrogen-bond donors (Lipinski definition) is 1. The highest BCUT2D eigenvalue weighted by Crippen LogP contribution is 2.39. The van der Waals surface area contributed by atoms with Crippen LogP contribution in [0.15, 0.2) is 35.0 Å². The van der Waals surface area contributed by atoms with Crippen LogP contribution in [0.25, 0.3) is 22.6 Å². The van der Waals surface area contributed by atoms with Gasteiger partial charge in [-0.1, -0.05) is 30.1 Å². The Morgan fingerprint density at radius 1 is 1.11 bits per heavy atom. The fraction of sp³-hybridized carbons (Fsp3) is 0.379. The van der Waals surface area contributed by atoms with Gasteiger partial charge in [-0.25, -0.2) is 9.97 Å². The minimum absolute atomic E-state index is 0.207. The first-order valence-electron chi connectivity index (χ1n) is 12.9. The number of aliphatic hydroxyl groups is 1. The first-order valence-corrected chi connectivity index (χ1v) is 13.3. The molecular weight excluding hydrogens is 502 g/mol. The molecule has 3 aromatic heterocycles. The normalized spacial score (nSPS) is 13.6. The molecule has 1 aromatic carbocycles. The van der Waals surface area contributed by atoms with Crippen molar-refractivity contribution in [2.24, 2.45) is 0 Å². The molecule has 1 atom stereocenters. The van der Waals surface area contributed by atoms with Gasteiger partial charge in [0.15, 0.2) is 5.82 Å². The first kappa shape index (κ1) is 26.1. The lowest BCUT2D eigenvalue weighted by Gasteiger charge is -2.22. The van der Waals surface area contributed by atoms with Crippen molar-refractivity contribution in [3.63, 3.8) is 0 Å². The van der Waals surface area contributed by atoms with E-state index in [-0.39, 0.29) is 6.61 Å². The summed E-state index contributed by atoms with van der Waals surface area (Å²) in [5.74, 6) is 2.59. The number of anilines is 1. The zero-order chi connectivity index (χ0) is 27.0. The van der Waals surface area contributed by atoms with Crippen molar-refractivity contribution in [3.05, 3.63) is 69.3 Å². The van der Waals surface area contributed by atoms with Gasteiger partial charge in [0.1, 0.15) is 23.9 Å². The Balaban J connectivity index is 1.61. The van der Waals surface area contributed by atoms with Crippen LogP contribution in [0.3, 0.4) is 0 Å². The average Bonchev–Trinajstić information content (AvgIpc) is 3.48. The minimum Gasteiger partial charge on any atom is -0.491 e. The SMILES string of the molecule is CCC[C@@H](O)COc1ccc(Cl)c(-c2nc(-c3c(C)noc3C)c(C)c(N3Cc4ccnc(C)c4C3)n2)c1. The van der Waals surface area contributed by atoms with Gasteiger partial charge in [-0.15, -0.1) is 0 Å².